The minimum Gasteiger partial charge on any atom is -0.377 e. The van der Waals surface area contributed by atoms with Gasteiger partial charge in [0.25, 0.3) is 0 Å². The Morgan fingerprint density at radius 1 is 1.11 bits per heavy atom. The predicted molar refractivity (Wildman–Crippen MR) is 83.6 cm³/mol. The molecule has 0 aliphatic heterocycles. The molecule has 0 aromatic rings. The summed E-state index contributed by atoms with van der Waals surface area (Å²) in [5, 5.41) is 3.72. The van der Waals surface area contributed by atoms with Gasteiger partial charge in [-0.2, -0.15) is 0 Å². The molecule has 114 valence electrons. The predicted octanol–water partition coefficient (Wildman–Crippen LogP) is 4.53. The lowest BCUT2D eigenvalue weighted by Crippen LogP contribution is -2.52. The van der Waals surface area contributed by atoms with E-state index in [2.05, 4.69) is 33.0 Å². The minimum absolute atomic E-state index is 0.0811. The Balaban J connectivity index is 2.74. The first-order chi connectivity index (χ1) is 8.93. The Kier molecular flexibility index (Phi) is 6.82. The molecule has 0 bridgehead atoms. The van der Waals surface area contributed by atoms with Gasteiger partial charge in [-0.3, -0.25) is 0 Å². The van der Waals surface area contributed by atoms with E-state index >= 15 is 0 Å². The summed E-state index contributed by atoms with van der Waals surface area (Å²) in [6.45, 7) is 10.3. The van der Waals surface area contributed by atoms with Crippen LogP contribution in [0.3, 0.4) is 0 Å². The summed E-state index contributed by atoms with van der Waals surface area (Å²) in [5.41, 5.74) is 0.491. The van der Waals surface area contributed by atoms with E-state index < -0.39 is 0 Å². The fraction of sp³-hybridized carbons (Fsp3) is 1.00. The molecule has 0 spiro atoms. The van der Waals surface area contributed by atoms with Gasteiger partial charge in [0.05, 0.1) is 5.60 Å². The molecule has 1 unspecified atom stereocenters. The summed E-state index contributed by atoms with van der Waals surface area (Å²) >= 11 is 0. The van der Waals surface area contributed by atoms with Crippen LogP contribution in [0.5, 0.6) is 0 Å². The zero-order chi connectivity index (χ0) is 14.4. The fourth-order valence-electron chi connectivity index (χ4n) is 3.40. The first kappa shape index (κ1) is 17.0. The minimum atomic E-state index is 0.0811. The standard InChI is InChI=1S/C17H35NO/c1-6-18-15(11-14-16(2,3)4)17(19-5)12-9-7-8-10-13-17/h15,18H,6-14H2,1-5H3. The van der Waals surface area contributed by atoms with Crippen LogP contribution in [0.1, 0.15) is 79.1 Å². The van der Waals surface area contributed by atoms with Gasteiger partial charge in [-0.25, -0.2) is 0 Å². The number of hydrogen-bond donors (Lipinski definition) is 1. The molecule has 1 aliphatic carbocycles. The molecule has 0 saturated heterocycles. The summed E-state index contributed by atoms with van der Waals surface area (Å²) in [5.74, 6) is 0. The Labute approximate surface area is 120 Å². The van der Waals surface area contributed by atoms with E-state index in [4.69, 9.17) is 4.74 Å². The Hall–Kier alpha value is -0.0800. The highest BCUT2D eigenvalue weighted by Crippen LogP contribution is 2.36. The van der Waals surface area contributed by atoms with Crippen LogP contribution >= 0.6 is 0 Å². The molecule has 0 aromatic heterocycles. The van der Waals surface area contributed by atoms with Crippen LogP contribution in [-0.4, -0.2) is 25.3 Å². The molecule has 1 rings (SSSR count). The number of rotatable bonds is 6. The average molecular weight is 269 g/mol. The van der Waals surface area contributed by atoms with Crippen LogP contribution in [0.15, 0.2) is 0 Å². The summed E-state index contributed by atoms with van der Waals surface area (Å²) in [4.78, 5) is 0. The molecule has 1 saturated carbocycles. The van der Waals surface area contributed by atoms with E-state index in [9.17, 15) is 0 Å². The van der Waals surface area contributed by atoms with Gasteiger partial charge in [-0.1, -0.05) is 53.4 Å². The van der Waals surface area contributed by atoms with E-state index in [0.29, 0.717) is 11.5 Å². The molecule has 1 N–H and O–H groups in total. The van der Waals surface area contributed by atoms with Crippen molar-refractivity contribution in [3.05, 3.63) is 0 Å². The number of likely N-dealkylation sites (N-methyl/N-ethyl adjacent to an activating group) is 1. The summed E-state index contributed by atoms with van der Waals surface area (Å²) in [6, 6.07) is 0.514. The van der Waals surface area contributed by atoms with Crippen molar-refractivity contribution >= 4 is 0 Å². The zero-order valence-corrected chi connectivity index (χ0v) is 13.8. The van der Waals surface area contributed by atoms with Crippen molar-refractivity contribution in [3.8, 4) is 0 Å². The van der Waals surface area contributed by atoms with Gasteiger partial charge < -0.3 is 10.1 Å². The number of methoxy groups -OCH3 is 1. The van der Waals surface area contributed by atoms with Crippen LogP contribution in [0, 0.1) is 5.41 Å². The van der Waals surface area contributed by atoms with Crippen LogP contribution in [0.4, 0.5) is 0 Å². The average Bonchev–Trinajstić information content (AvgIpc) is 2.59. The molecule has 0 aromatic carbocycles. The van der Waals surface area contributed by atoms with Crippen LogP contribution in [-0.2, 0) is 4.74 Å². The van der Waals surface area contributed by atoms with Crippen molar-refractivity contribution in [3.63, 3.8) is 0 Å². The van der Waals surface area contributed by atoms with Crippen molar-refractivity contribution in [1.29, 1.82) is 0 Å². The Bertz CT molecular complexity index is 236. The van der Waals surface area contributed by atoms with Crippen LogP contribution < -0.4 is 5.32 Å². The molecule has 19 heavy (non-hydrogen) atoms. The molecule has 0 radical (unpaired) electrons. The highest BCUT2D eigenvalue weighted by molar-refractivity contribution is 4.94. The maximum atomic E-state index is 6.08. The third-order valence-corrected chi connectivity index (χ3v) is 4.63. The molecule has 0 amide bonds. The molecule has 1 fully saturated rings. The van der Waals surface area contributed by atoms with Crippen LogP contribution in [0.2, 0.25) is 0 Å². The second kappa shape index (κ2) is 7.64. The van der Waals surface area contributed by atoms with Crippen molar-refractivity contribution < 1.29 is 4.74 Å². The molecule has 2 heteroatoms. The lowest BCUT2D eigenvalue weighted by Gasteiger charge is -2.41. The van der Waals surface area contributed by atoms with Crippen LogP contribution in [0.25, 0.3) is 0 Å². The van der Waals surface area contributed by atoms with E-state index in [-0.39, 0.29) is 5.60 Å². The first-order valence-electron chi connectivity index (χ1n) is 8.22. The van der Waals surface area contributed by atoms with Crippen molar-refractivity contribution in [2.75, 3.05) is 13.7 Å². The third-order valence-electron chi connectivity index (χ3n) is 4.63. The van der Waals surface area contributed by atoms with E-state index in [1.54, 1.807) is 0 Å². The second-order valence-corrected chi connectivity index (χ2v) is 7.39. The Morgan fingerprint density at radius 3 is 2.11 bits per heavy atom. The van der Waals surface area contributed by atoms with E-state index in [0.717, 1.165) is 6.54 Å². The Morgan fingerprint density at radius 2 is 1.68 bits per heavy atom. The van der Waals surface area contributed by atoms with Gasteiger partial charge in [0, 0.05) is 13.2 Å². The lowest BCUT2D eigenvalue weighted by atomic mass is 9.79. The normalized spacial score (nSPS) is 21.9. The SMILES string of the molecule is CCNC(CCC(C)(C)C)C1(OC)CCCCCC1. The summed E-state index contributed by atoms with van der Waals surface area (Å²) < 4.78 is 6.08. The molecule has 1 aliphatic rings. The summed E-state index contributed by atoms with van der Waals surface area (Å²) in [6.07, 6.45) is 10.3. The fourth-order valence-corrected chi connectivity index (χ4v) is 3.40. The number of ether oxygens (including phenoxy) is 1. The first-order valence-corrected chi connectivity index (χ1v) is 8.22. The van der Waals surface area contributed by atoms with Crippen molar-refractivity contribution in [2.24, 2.45) is 5.41 Å². The maximum absolute atomic E-state index is 6.08. The van der Waals surface area contributed by atoms with E-state index in [1.807, 2.05) is 7.11 Å². The van der Waals surface area contributed by atoms with Gasteiger partial charge in [-0.05, 0) is 37.6 Å². The quantitative estimate of drug-likeness (QED) is 0.715. The maximum Gasteiger partial charge on any atom is 0.0830 e. The third kappa shape index (κ3) is 5.43. The van der Waals surface area contributed by atoms with Gasteiger partial charge >= 0.3 is 0 Å². The molecule has 1 atom stereocenters. The largest absolute Gasteiger partial charge is 0.377 e. The highest BCUT2D eigenvalue weighted by atomic mass is 16.5. The molecule has 2 nitrogen and oxygen atoms in total. The van der Waals surface area contributed by atoms with Gasteiger partial charge in [0.15, 0.2) is 0 Å². The topological polar surface area (TPSA) is 21.3 Å². The second-order valence-electron chi connectivity index (χ2n) is 7.39. The summed E-state index contributed by atoms with van der Waals surface area (Å²) in [7, 11) is 1.92. The lowest BCUT2D eigenvalue weighted by molar-refractivity contribution is -0.0563. The van der Waals surface area contributed by atoms with Gasteiger partial charge in [-0.15, -0.1) is 0 Å². The highest BCUT2D eigenvalue weighted by Gasteiger charge is 2.38. The molecular formula is C17H35NO. The molecule has 0 heterocycles. The van der Waals surface area contributed by atoms with Crippen molar-refractivity contribution in [2.45, 2.75) is 90.7 Å². The zero-order valence-electron chi connectivity index (χ0n) is 13.8. The van der Waals surface area contributed by atoms with Gasteiger partial charge in [0.1, 0.15) is 0 Å². The monoisotopic (exact) mass is 269 g/mol. The van der Waals surface area contributed by atoms with Gasteiger partial charge in [0.2, 0.25) is 0 Å². The smallest absolute Gasteiger partial charge is 0.0830 e. The number of hydrogen-bond acceptors (Lipinski definition) is 2. The van der Waals surface area contributed by atoms with Crippen molar-refractivity contribution in [1.82, 2.24) is 5.32 Å². The van der Waals surface area contributed by atoms with E-state index in [1.165, 1.54) is 51.4 Å². The number of nitrogens with one attached hydrogen (secondary N) is 1. The molecular weight excluding hydrogens is 234 g/mol.